The van der Waals surface area contributed by atoms with Gasteiger partial charge in [0.15, 0.2) is 0 Å². The average Bonchev–Trinajstić information content (AvgIpc) is 2.71. The van der Waals surface area contributed by atoms with Gasteiger partial charge in [-0.25, -0.2) is 0 Å². The summed E-state index contributed by atoms with van der Waals surface area (Å²) in [5.74, 6) is 0.184. The predicted octanol–water partition coefficient (Wildman–Crippen LogP) is 3.28. The van der Waals surface area contributed by atoms with Crippen LogP contribution >= 0.6 is 0 Å². The standard InChI is InChI=1S/C22H22N2O3/c1-2-27-20-11-9-18(10-12-20)22(26)24-15-21(25)23-14-16-7-8-17-5-3-4-6-19(17)13-16/h3-13H,2,14-15H2,1H3,(H,23,25)(H,24,26). The molecule has 138 valence electrons. The van der Waals surface area contributed by atoms with E-state index in [1.165, 1.54) is 0 Å². The maximum absolute atomic E-state index is 12.1. The SMILES string of the molecule is CCOc1ccc(C(=O)NCC(=O)NCc2ccc3ccccc3c2)cc1. The van der Waals surface area contributed by atoms with Crippen LogP contribution in [0.3, 0.4) is 0 Å². The smallest absolute Gasteiger partial charge is 0.251 e. The van der Waals surface area contributed by atoms with Gasteiger partial charge in [0.2, 0.25) is 5.91 Å². The molecule has 0 aliphatic heterocycles. The molecule has 0 heterocycles. The second-order valence-electron chi connectivity index (χ2n) is 6.10. The lowest BCUT2D eigenvalue weighted by atomic mass is 10.1. The molecule has 0 bridgehead atoms. The van der Waals surface area contributed by atoms with E-state index in [2.05, 4.69) is 10.6 Å². The Morgan fingerprint density at radius 2 is 1.63 bits per heavy atom. The lowest BCUT2D eigenvalue weighted by Crippen LogP contribution is -2.36. The number of carbonyl (C=O) groups is 2. The van der Waals surface area contributed by atoms with Crippen LogP contribution in [0.5, 0.6) is 5.75 Å². The van der Waals surface area contributed by atoms with Crippen LogP contribution in [0.1, 0.15) is 22.8 Å². The molecule has 0 spiro atoms. The third-order valence-electron chi connectivity index (χ3n) is 4.14. The summed E-state index contributed by atoms with van der Waals surface area (Å²) >= 11 is 0. The van der Waals surface area contributed by atoms with Crippen molar-refractivity contribution in [2.45, 2.75) is 13.5 Å². The first-order chi connectivity index (χ1) is 13.2. The van der Waals surface area contributed by atoms with Crippen molar-refractivity contribution in [2.75, 3.05) is 13.2 Å². The van der Waals surface area contributed by atoms with Gasteiger partial charge in [-0.2, -0.15) is 0 Å². The van der Waals surface area contributed by atoms with Gasteiger partial charge in [0.1, 0.15) is 5.75 Å². The minimum absolute atomic E-state index is 0.0698. The molecule has 0 radical (unpaired) electrons. The van der Waals surface area contributed by atoms with Crippen molar-refractivity contribution < 1.29 is 14.3 Å². The molecule has 0 aromatic heterocycles. The lowest BCUT2D eigenvalue weighted by molar-refractivity contribution is -0.120. The molecule has 0 atom stereocenters. The van der Waals surface area contributed by atoms with Crippen molar-refractivity contribution in [1.29, 1.82) is 0 Å². The van der Waals surface area contributed by atoms with E-state index in [-0.39, 0.29) is 18.4 Å². The van der Waals surface area contributed by atoms with Crippen LogP contribution in [-0.2, 0) is 11.3 Å². The Balaban J connectivity index is 1.47. The van der Waals surface area contributed by atoms with Crippen molar-refractivity contribution in [3.63, 3.8) is 0 Å². The highest BCUT2D eigenvalue weighted by Gasteiger charge is 2.08. The maximum atomic E-state index is 12.1. The van der Waals surface area contributed by atoms with Crippen molar-refractivity contribution in [3.8, 4) is 5.75 Å². The zero-order chi connectivity index (χ0) is 19.1. The number of amides is 2. The second kappa shape index (κ2) is 8.85. The van der Waals surface area contributed by atoms with Crippen LogP contribution < -0.4 is 15.4 Å². The molecular formula is C22H22N2O3. The first kappa shape index (κ1) is 18.5. The maximum Gasteiger partial charge on any atom is 0.251 e. The highest BCUT2D eigenvalue weighted by molar-refractivity contribution is 5.96. The van der Waals surface area contributed by atoms with Gasteiger partial charge in [-0.3, -0.25) is 9.59 Å². The van der Waals surface area contributed by atoms with Crippen LogP contribution in [0.2, 0.25) is 0 Å². The molecule has 5 nitrogen and oxygen atoms in total. The normalized spacial score (nSPS) is 10.4. The van der Waals surface area contributed by atoms with Crippen LogP contribution in [0.4, 0.5) is 0 Å². The Bertz CT molecular complexity index is 936. The first-order valence-electron chi connectivity index (χ1n) is 8.91. The van der Waals surface area contributed by atoms with Crippen molar-refractivity contribution in [2.24, 2.45) is 0 Å². The van der Waals surface area contributed by atoms with Crippen molar-refractivity contribution in [1.82, 2.24) is 10.6 Å². The summed E-state index contributed by atoms with van der Waals surface area (Å²) in [7, 11) is 0. The first-order valence-corrected chi connectivity index (χ1v) is 8.91. The molecule has 5 heteroatoms. The van der Waals surface area contributed by atoms with E-state index < -0.39 is 0 Å². The van der Waals surface area contributed by atoms with Crippen molar-refractivity contribution in [3.05, 3.63) is 77.9 Å². The van der Waals surface area contributed by atoms with Gasteiger partial charge < -0.3 is 15.4 Å². The fraction of sp³-hybridized carbons (Fsp3) is 0.182. The van der Waals surface area contributed by atoms with Gasteiger partial charge in [-0.1, -0.05) is 36.4 Å². The van der Waals surface area contributed by atoms with Gasteiger partial charge in [-0.15, -0.1) is 0 Å². The summed E-state index contributed by atoms with van der Waals surface area (Å²) in [6.07, 6.45) is 0. The van der Waals surface area contributed by atoms with Gasteiger partial charge in [0.05, 0.1) is 13.2 Å². The Hall–Kier alpha value is -3.34. The molecule has 0 aliphatic rings. The van der Waals surface area contributed by atoms with Gasteiger partial charge in [0.25, 0.3) is 5.91 Å². The quantitative estimate of drug-likeness (QED) is 0.678. The molecule has 0 saturated carbocycles. The summed E-state index contributed by atoms with van der Waals surface area (Å²) < 4.78 is 5.34. The minimum Gasteiger partial charge on any atom is -0.494 e. The van der Waals surface area contributed by atoms with Crippen molar-refractivity contribution >= 4 is 22.6 Å². The lowest BCUT2D eigenvalue weighted by Gasteiger charge is -2.09. The van der Waals surface area contributed by atoms with E-state index >= 15 is 0 Å². The van der Waals surface area contributed by atoms with Gasteiger partial charge >= 0.3 is 0 Å². The molecule has 0 aliphatic carbocycles. The summed E-state index contributed by atoms with van der Waals surface area (Å²) in [6, 6.07) is 21.0. The van der Waals surface area contributed by atoms with Crippen LogP contribution in [-0.4, -0.2) is 25.0 Å². The Morgan fingerprint density at radius 1 is 0.889 bits per heavy atom. The molecule has 2 amide bonds. The number of ether oxygens (including phenoxy) is 1. The van der Waals surface area contributed by atoms with E-state index in [9.17, 15) is 9.59 Å². The molecular weight excluding hydrogens is 340 g/mol. The van der Waals surface area contributed by atoms with Gasteiger partial charge in [-0.05, 0) is 53.6 Å². The molecule has 2 N–H and O–H groups in total. The number of hydrogen-bond donors (Lipinski definition) is 2. The third kappa shape index (κ3) is 5.07. The number of rotatable bonds is 7. The number of benzene rings is 3. The number of carbonyl (C=O) groups excluding carboxylic acids is 2. The third-order valence-corrected chi connectivity index (χ3v) is 4.14. The average molecular weight is 362 g/mol. The monoisotopic (exact) mass is 362 g/mol. The molecule has 3 rings (SSSR count). The van der Waals surface area contributed by atoms with Crippen LogP contribution in [0.15, 0.2) is 66.7 Å². The zero-order valence-corrected chi connectivity index (χ0v) is 15.2. The largest absolute Gasteiger partial charge is 0.494 e. The van der Waals surface area contributed by atoms with E-state index in [1.54, 1.807) is 24.3 Å². The minimum atomic E-state index is -0.293. The van der Waals surface area contributed by atoms with E-state index in [0.29, 0.717) is 24.5 Å². The van der Waals surface area contributed by atoms with E-state index in [1.807, 2.05) is 49.4 Å². The predicted molar refractivity (Wildman–Crippen MR) is 106 cm³/mol. The molecule has 0 fully saturated rings. The second-order valence-corrected chi connectivity index (χ2v) is 6.10. The molecule has 3 aromatic rings. The van der Waals surface area contributed by atoms with E-state index in [0.717, 1.165) is 16.3 Å². The zero-order valence-electron chi connectivity index (χ0n) is 15.2. The summed E-state index contributed by atoms with van der Waals surface area (Å²) in [5, 5.41) is 7.74. The highest BCUT2D eigenvalue weighted by atomic mass is 16.5. The summed E-state index contributed by atoms with van der Waals surface area (Å²) in [5.41, 5.74) is 1.50. The van der Waals surface area contributed by atoms with Crippen LogP contribution in [0, 0.1) is 0 Å². The fourth-order valence-corrected chi connectivity index (χ4v) is 2.74. The Morgan fingerprint density at radius 3 is 2.37 bits per heavy atom. The number of fused-ring (bicyclic) bond motifs is 1. The summed E-state index contributed by atoms with van der Waals surface area (Å²) in [6.45, 7) is 2.82. The highest BCUT2D eigenvalue weighted by Crippen LogP contribution is 2.15. The number of hydrogen-bond acceptors (Lipinski definition) is 3. The fourth-order valence-electron chi connectivity index (χ4n) is 2.74. The topological polar surface area (TPSA) is 67.4 Å². The Labute approximate surface area is 158 Å². The number of nitrogens with one attached hydrogen (secondary N) is 2. The van der Waals surface area contributed by atoms with Gasteiger partial charge in [0, 0.05) is 12.1 Å². The molecule has 0 saturated heterocycles. The molecule has 3 aromatic carbocycles. The molecule has 27 heavy (non-hydrogen) atoms. The Kier molecular flexibility index (Phi) is 6.05. The van der Waals surface area contributed by atoms with E-state index in [4.69, 9.17) is 4.74 Å². The van der Waals surface area contributed by atoms with Crippen LogP contribution in [0.25, 0.3) is 10.8 Å². The summed E-state index contributed by atoms with van der Waals surface area (Å²) in [4.78, 5) is 24.1. The molecule has 0 unspecified atom stereocenters.